The third-order valence-electron chi connectivity index (χ3n) is 25.7. The molecule has 775 valence electrons. The average Bonchev–Trinajstić information content (AvgIpc) is 1.71. The molecule has 4 aromatic heterocycles. The Morgan fingerprint density at radius 2 is 0.631 bits per heavy atom. The van der Waals surface area contributed by atoms with Gasteiger partial charge in [0, 0.05) is 151 Å². The van der Waals surface area contributed by atoms with Crippen LogP contribution in [-0.4, -0.2) is 187 Å². The number of β-amino-alcohol motifs (C(OH)–C–C–N with tert-alkyl or cyclic N) is 4. The summed E-state index contributed by atoms with van der Waals surface area (Å²) < 4.78 is 0. The van der Waals surface area contributed by atoms with Crippen molar-refractivity contribution in [3.8, 4) is 41.8 Å². The van der Waals surface area contributed by atoms with Crippen molar-refractivity contribution >= 4 is 97.9 Å². The van der Waals surface area contributed by atoms with E-state index in [-0.39, 0.29) is 183 Å². The summed E-state index contributed by atoms with van der Waals surface area (Å²) in [5.41, 5.74) is 19.7. The number of rotatable bonds is 29. The standard InChI is InChI=1S/2C28H40N2O3S.C26H33N2O4S.C23H30N2O3S.C5H12.C4H9.CH4.Y/c2*1-18-25(34-17-29-18)20-11-8-19(9-12-20)10-13-24(32)23-14-21(31)16-30(23)26(33)22(28(5,6)7)15-27(2,3)4;1-16(29)12-21(26(3,4)5)25(32)28-14-20(30)13-22(28)23(31)11-8-18-6-9-19(10-7-18)24-17(2)27-15-33-24;1-14(2)15(3)23(28)25-12-19(26)11-20(25)21(27)10-7-17-5-8-18(9-6-17)22-16(4)24-13-29-22;1-5(2,3)4;1-4(2)3;;/h2*8-9,11-12,17,21-23,31H,10,13-16H2,1-7H3;6,9-10,15,20-22,30H,8,11-14H2,1-5H3;5-6,8-9,13-15,19-20,26H,7,10-12H2,1-4H3;1-4H3;1-3H3;1H4;/q;;-1;;;-1;;/t2*21-,22?,23+;20-,21?,22+;15?,19-,20+;;;;/m1111..../s1. The van der Waals surface area contributed by atoms with Crippen LogP contribution >= 0.6 is 45.3 Å². The molecule has 4 aliphatic rings. The van der Waals surface area contributed by atoms with Crippen LogP contribution in [0.25, 0.3) is 41.8 Å². The van der Waals surface area contributed by atoms with Gasteiger partial charge in [-0.25, -0.2) is 15.0 Å². The average molecular weight is 2090 g/mol. The smallest absolute Gasteiger partial charge is 0.227 e. The van der Waals surface area contributed by atoms with Crippen LogP contribution < -0.4 is 0 Å². The van der Waals surface area contributed by atoms with Crippen molar-refractivity contribution in [1.82, 2.24) is 39.5 Å². The largest absolute Gasteiger partial charge is 0.391 e. The molecule has 8 aromatic rings. The third kappa shape index (κ3) is 39.1. The Labute approximate surface area is 886 Å². The summed E-state index contributed by atoms with van der Waals surface area (Å²) in [5.74, 6) is 0.295. The molecule has 0 aliphatic carbocycles. The SMILES string of the molecule is C.CC(=O)CC(C(=O)N1C[C@H](O)C[C@H]1C(=O)CCc1[c-]cc(-c2scnc2C)cc1)C(C)(C)C.CC(C)(C)C.C[C-](C)C.Cc1ncsc1-c1ccc(CCC(=O)[C@@H]2C[C@@H](O)CN2C(=O)C(C)C(C)C)cc1.Cc1ncsc1-c1ccc(CCC(=O)[C@@H]2C[C@@H](O)CN2C(=O)C(CC(C)(C)C)C(C)(C)C)cc1.Cc1ncsc1-c1ccc(CCC(=O)[C@@H]2C[C@@H](O)CN2C(=O)C(CC(C)(C)C)C(C)(C)C)cc1.[Y]. The molecule has 8 heterocycles. The fourth-order valence-corrected chi connectivity index (χ4v) is 20.9. The first-order valence-corrected chi connectivity index (χ1v) is 53.2. The number of ketones is 5. The van der Waals surface area contributed by atoms with Gasteiger partial charge in [0.2, 0.25) is 23.6 Å². The van der Waals surface area contributed by atoms with Gasteiger partial charge in [-0.2, -0.15) is 50.6 Å². The molecule has 0 spiro atoms. The van der Waals surface area contributed by atoms with Gasteiger partial charge >= 0.3 is 0 Å². The van der Waals surface area contributed by atoms with Gasteiger partial charge in [-0.05, 0) is 145 Å². The predicted molar refractivity (Wildman–Crippen MR) is 574 cm³/mol. The Hall–Kier alpha value is -7.43. The molecular weight excluding hydrogens is 1920 g/mol. The van der Waals surface area contributed by atoms with E-state index in [0.29, 0.717) is 69.6 Å². The molecule has 21 nitrogen and oxygen atoms in total. The molecule has 4 fully saturated rings. The Kier molecular flexibility index (Phi) is 48.2. The van der Waals surface area contributed by atoms with Crippen LogP contribution in [0.1, 0.15) is 303 Å². The minimum atomic E-state index is -0.727. The van der Waals surface area contributed by atoms with Gasteiger partial charge in [-0.1, -0.05) is 233 Å². The zero-order valence-electron chi connectivity index (χ0n) is 89.7. The molecule has 12 rings (SSSR count). The van der Waals surface area contributed by atoms with Gasteiger partial charge in [0.05, 0.1) is 102 Å². The van der Waals surface area contributed by atoms with Crippen molar-refractivity contribution in [2.75, 3.05) is 26.2 Å². The number of benzene rings is 4. The fraction of sp³-hybridized carbons (Fsp3) is 0.600. The Balaban J connectivity index is 0.000000320. The number of aryl methyl sites for hydroxylation is 8. The third-order valence-corrected chi connectivity index (χ3v) is 29.6. The van der Waals surface area contributed by atoms with E-state index in [0.717, 1.165) is 85.0 Å². The van der Waals surface area contributed by atoms with Crippen LogP contribution in [0.15, 0.2) is 113 Å². The van der Waals surface area contributed by atoms with Gasteiger partial charge < -0.3 is 50.7 Å². The summed E-state index contributed by atoms with van der Waals surface area (Å²) in [6, 6.07) is 31.8. The first-order chi connectivity index (χ1) is 64.5. The molecule has 12 atom stereocenters. The van der Waals surface area contributed by atoms with Crippen molar-refractivity contribution in [2.45, 2.75) is 360 Å². The number of likely N-dealkylation sites (tertiary alicyclic amines) is 4. The molecule has 4 N–H and O–H groups in total. The van der Waals surface area contributed by atoms with Gasteiger partial charge in [0.15, 0.2) is 23.1 Å². The van der Waals surface area contributed by atoms with Gasteiger partial charge in [0.1, 0.15) is 5.78 Å². The molecule has 1 radical (unpaired) electrons. The summed E-state index contributed by atoms with van der Waals surface area (Å²) in [5, 5.41) is 41.0. The molecule has 4 amide bonds. The maximum atomic E-state index is 13.6. The molecule has 4 saturated heterocycles. The topological polar surface area (TPSA) is 299 Å². The van der Waals surface area contributed by atoms with Crippen molar-refractivity contribution in [3.05, 3.63) is 170 Å². The Morgan fingerprint density at radius 3 is 0.851 bits per heavy atom. The Bertz CT molecular complexity index is 5130. The summed E-state index contributed by atoms with van der Waals surface area (Å²) in [4.78, 5) is 146. The van der Waals surface area contributed by atoms with Gasteiger partial charge in [-0.3, -0.25) is 43.3 Å². The number of thiazole rings is 4. The zero-order chi connectivity index (χ0) is 104. The summed E-state index contributed by atoms with van der Waals surface area (Å²) >= 11 is 6.47. The van der Waals surface area contributed by atoms with Gasteiger partial charge in [-0.15, -0.1) is 50.9 Å². The van der Waals surface area contributed by atoms with Crippen LogP contribution in [0.3, 0.4) is 0 Å². The zero-order valence-corrected chi connectivity index (χ0v) is 95.8. The van der Waals surface area contributed by atoms with Crippen LogP contribution in [0.5, 0.6) is 0 Å². The van der Waals surface area contributed by atoms with Gasteiger partial charge in [0.25, 0.3) is 0 Å². The van der Waals surface area contributed by atoms with E-state index in [2.05, 4.69) is 230 Å². The molecule has 4 unspecified atom stereocenters. The number of carbonyl (C=O) groups excluding carboxylic acids is 9. The number of aromatic nitrogens is 4. The van der Waals surface area contributed by atoms with E-state index in [9.17, 15) is 63.6 Å². The fourth-order valence-electron chi connectivity index (χ4n) is 17.7. The number of nitrogens with zero attached hydrogens (tertiary/aromatic N) is 8. The summed E-state index contributed by atoms with van der Waals surface area (Å²) in [7, 11) is 0. The first-order valence-electron chi connectivity index (χ1n) is 49.7. The molecule has 141 heavy (non-hydrogen) atoms. The summed E-state index contributed by atoms with van der Waals surface area (Å²) in [6.07, 6.45) is 4.02. The van der Waals surface area contributed by atoms with Crippen LogP contribution in [-0.2, 0) is 102 Å². The van der Waals surface area contributed by atoms with E-state index in [1.165, 1.54) is 32.4 Å². The van der Waals surface area contributed by atoms with Crippen molar-refractivity contribution in [2.24, 2.45) is 62.1 Å². The number of aliphatic hydroxyl groups excluding tert-OH is 4. The minimum Gasteiger partial charge on any atom is -0.391 e. The maximum Gasteiger partial charge on any atom is 0.227 e. The molecular formula is C115H168N8O13S4Y-2. The maximum absolute atomic E-state index is 13.6. The van der Waals surface area contributed by atoms with E-state index in [1.807, 2.05) is 109 Å². The molecule has 0 saturated carbocycles. The predicted octanol–water partition coefficient (Wildman–Crippen LogP) is 23.6. The van der Waals surface area contributed by atoms with Crippen molar-refractivity contribution in [3.63, 3.8) is 0 Å². The van der Waals surface area contributed by atoms with Crippen molar-refractivity contribution in [1.29, 1.82) is 0 Å². The second kappa shape index (κ2) is 54.8. The second-order valence-corrected chi connectivity index (χ2v) is 50.4. The molecule has 4 aromatic carbocycles. The van der Waals surface area contributed by atoms with E-state index in [1.54, 1.807) is 60.0 Å². The van der Waals surface area contributed by atoms with E-state index < -0.39 is 59.9 Å². The summed E-state index contributed by atoms with van der Waals surface area (Å²) in [6.45, 7) is 62.4. The number of hydrogen-bond donors (Lipinski definition) is 4. The van der Waals surface area contributed by atoms with E-state index >= 15 is 0 Å². The number of hydrogen-bond acceptors (Lipinski definition) is 21. The Morgan fingerprint density at radius 1 is 0.390 bits per heavy atom. The molecule has 4 aliphatic heterocycles. The number of carbonyl (C=O) groups is 9. The minimum absolute atomic E-state index is 0. The van der Waals surface area contributed by atoms with Crippen LogP contribution in [0.2, 0.25) is 0 Å². The van der Waals surface area contributed by atoms with Crippen molar-refractivity contribution < 1.29 is 96.3 Å². The second-order valence-electron chi connectivity index (χ2n) is 46.9. The van der Waals surface area contributed by atoms with E-state index in [4.69, 9.17) is 0 Å². The van der Waals surface area contributed by atoms with Crippen LogP contribution in [0.4, 0.5) is 0 Å². The van der Waals surface area contributed by atoms with Crippen LogP contribution in [0, 0.1) is 102 Å². The quantitative estimate of drug-likeness (QED) is 0.0317. The molecule has 0 bridgehead atoms. The number of amides is 4. The number of aliphatic hydroxyl groups is 4. The number of Topliss-reactive ketones (excluding diaryl/α,β-unsaturated/α-hetero) is 5. The normalized spacial score (nSPS) is 19.0. The first kappa shape index (κ1) is 124. The molecule has 26 heteroatoms. The monoisotopic (exact) mass is 2090 g/mol.